The minimum Gasteiger partial charge on any atom is -0.393 e. The van der Waals surface area contributed by atoms with Crippen LogP contribution in [0.15, 0.2) is 0 Å². The third-order valence-electron chi connectivity index (χ3n) is 5.52. The number of hydrogen-bond donors (Lipinski definition) is 2. The summed E-state index contributed by atoms with van der Waals surface area (Å²) in [4.78, 5) is 2.59. The number of likely N-dealkylation sites (tertiary alicyclic amines) is 1. The molecule has 0 aromatic rings. The molecule has 1 aliphatic carbocycles. The fraction of sp³-hybridized carbons (Fsp3) is 1.00. The van der Waals surface area contributed by atoms with Crippen LogP contribution in [-0.4, -0.2) is 48.3 Å². The molecule has 2 fully saturated rings. The van der Waals surface area contributed by atoms with Crippen LogP contribution in [0.3, 0.4) is 0 Å². The van der Waals surface area contributed by atoms with E-state index in [1.165, 1.54) is 58.2 Å². The molecule has 1 heterocycles. The van der Waals surface area contributed by atoms with Gasteiger partial charge in [-0.2, -0.15) is 0 Å². The highest BCUT2D eigenvalue weighted by atomic mass is 16.3. The summed E-state index contributed by atoms with van der Waals surface area (Å²) in [6.07, 6.45) is 10.2. The summed E-state index contributed by atoms with van der Waals surface area (Å²) in [6.45, 7) is 9.04. The van der Waals surface area contributed by atoms with E-state index < -0.39 is 0 Å². The van der Waals surface area contributed by atoms with Crippen LogP contribution in [0.2, 0.25) is 0 Å². The second kappa shape index (κ2) is 9.12. The standard InChI is InChI=1S/C18H36N2O/c1-3-5-10-20-13-16(18(21)4-2)11-17(14-20)19-12-15-8-6-7-9-15/h15-19,21H,3-14H2,1-2H3. The van der Waals surface area contributed by atoms with Crippen LogP contribution in [0.25, 0.3) is 0 Å². The highest BCUT2D eigenvalue weighted by Crippen LogP contribution is 2.26. The van der Waals surface area contributed by atoms with Gasteiger partial charge in [-0.15, -0.1) is 0 Å². The lowest BCUT2D eigenvalue weighted by atomic mass is 9.88. The predicted molar refractivity (Wildman–Crippen MR) is 89.5 cm³/mol. The number of unbranched alkanes of at least 4 members (excludes halogenated alkanes) is 1. The number of aliphatic hydroxyl groups excluding tert-OH is 1. The van der Waals surface area contributed by atoms with Gasteiger partial charge in [-0.1, -0.05) is 33.1 Å². The number of nitrogens with one attached hydrogen (secondary N) is 1. The van der Waals surface area contributed by atoms with Gasteiger partial charge < -0.3 is 15.3 Å². The zero-order valence-electron chi connectivity index (χ0n) is 14.2. The van der Waals surface area contributed by atoms with E-state index in [0.29, 0.717) is 12.0 Å². The van der Waals surface area contributed by atoms with Gasteiger partial charge in [-0.3, -0.25) is 0 Å². The molecule has 1 aliphatic heterocycles. The molecule has 0 amide bonds. The van der Waals surface area contributed by atoms with Crippen LogP contribution in [0, 0.1) is 11.8 Å². The summed E-state index contributed by atoms with van der Waals surface area (Å²) in [5.41, 5.74) is 0. The Morgan fingerprint density at radius 2 is 1.95 bits per heavy atom. The van der Waals surface area contributed by atoms with E-state index in [1.54, 1.807) is 0 Å². The first-order valence-corrected chi connectivity index (χ1v) is 9.36. The molecule has 2 N–H and O–H groups in total. The van der Waals surface area contributed by atoms with Crippen LogP contribution < -0.4 is 5.32 Å². The van der Waals surface area contributed by atoms with E-state index in [-0.39, 0.29) is 6.10 Å². The van der Waals surface area contributed by atoms with Crippen LogP contribution in [0.4, 0.5) is 0 Å². The second-order valence-corrected chi connectivity index (χ2v) is 7.34. The SMILES string of the molecule is CCCCN1CC(NCC2CCCC2)CC(C(O)CC)C1. The molecule has 1 saturated heterocycles. The summed E-state index contributed by atoms with van der Waals surface area (Å²) in [6, 6.07) is 0.586. The van der Waals surface area contributed by atoms with Crippen molar-refractivity contribution in [2.45, 2.75) is 77.4 Å². The molecule has 3 unspecified atom stereocenters. The van der Waals surface area contributed by atoms with Crippen LogP contribution in [0.5, 0.6) is 0 Å². The lowest BCUT2D eigenvalue weighted by Gasteiger charge is -2.40. The van der Waals surface area contributed by atoms with Gasteiger partial charge in [0, 0.05) is 19.1 Å². The molecule has 21 heavy (non-hydrogen) atoms. The Labute approximate surface area is 131 Å². The Hall–Kier alpha value is -0.120. The number of aliphatic hydroxyl groups is 1. The Morgan fingerprint density at radius 3 is 2.62 bits per heavy atom. The quantitative estimate of drug-likeness (QED) is 0.723. The Morgan fingerprint density at radius 1 is 1.19 bits per heavy atom. The molecule has 3 nitrogen and oxygen atoms in total. The van der Waals surface area contributed by atoms with Crippen molar-refractivity contribution in [2.24, 2.45) is 11.8 Å². The average Bonchev–Trinajstić information content (AvgIpc) is 3.03. The maximum Gasteiger partial charge on any atom is 0.0578 e. The van der Waals surface area contributed by atoms with Gasteiger partial charge in [0.2, 0.25) is 0 Å². The van der Waals surface area contributed by atoms with E-state index in [2.05, 4.69) is 24.1 Å². The van der Waals surface area contributed by atoms with Crippen molar-refractivity contribution >= 4 is 0 Å². The summed E-state index contributed by atoms with van der Waals surface area (Å²) >= 11 is 0. The lowest BCUT2D eigenvalue weighted by molar-refractivity contribution is 0.0346. The van der Waals surface area contributed by atoms with Gasteiger partial charge in [0.25, 0.3) is 0 Å². The van der Waals surface area contributed by atoms with Crippen molar-refractivity contribution in [3.63, 3.8) is 0 Å². The highest BCUT2D eigenvalue weighted by molar-refractivity contribution is 4.87. The fourth-order valence-corrected chi connectivity index (χ4v) is 4.10. The lowest BCUT2D eigenvalue weighted by Crippen LogP contribution is -2.52. The van der Waals surface area contributed by atoms with Crippen molar-refractivity contribution in [3.8, 4) is 0 Å². The minimum absolute atomic E-state index is 0.120. The molecular weight excluding hydrogens is 260 g/mol. The summed E-state index contributed by atoms with van der Waals surface area (Å²) in [5.74, 6) is 1.37. The van der Waals surface area contributed by atoms with Gasteiger partial charge >= 0.3 is 0 Å². The highest BCUT2D eigenvalue weighted by Gasteiger charge is 2.30. The van der Waals surface area contributed by atoms with Gasteiger partial charge in [0.05, 0.1) is 6.10 Å². The molecule has 0 aromatic heterocycles. The van der Waals surface area contributed by atoms with Crippen molar-refractivity contribution in [1.29, 1.82) is 0 Å². The van der Waals surface area contributed by atoms with Gasteiger partial charge in [-0.25, -0.2) is 0 Å². The molecule has 0 radical (unpaired) electrons. The molecule has 1 saturated carbocycles. The molecule has 0 aromatic carbocycles. The van der Waals surface area contributed by atoms with E-state index in [4.69, 9.17) is 0 Å². The average molecular weight is 296 g/mol. The summed E-state index contributed by atoms with van der Waals surface area (Å²) in [7, 11) is 0. The zero-order chi connectivity index (χ0) is 15.1. The van der Waals surface area contributed by atoms with Gasteiger partial charge in [-0.05, 0) is 57.0 Å². The number of nitrogens with zero attached hydrogens (tertiary/aromatic N) is 1. The number of rotatable bonds is 8. The van der Waals surface area contributed by atoms with Gasteiger partial charge in [0.15, 0.2) is 0 Å². The molecular formula is C18H36N2O. The summed E-state index contributed by atoms with van der Waals surface area (Å²) < 4.78 is 0. The fourth-order valence-electron chi connectivity index (χ4n) is 4.10. The van der Waals surface area contributed by atoms with E-state index in [0.717, 1.165) is 25.3 Å². The third kappa shape index (κ3) is 5.54. The molecule has 124 valence electrons. The molecule has 0 spiro atoms. The topological polar surface area (TPSA) is 35.5 Å². The Bertz CT molecular complexity index is 278. The summed E-state index contributed by atoms with van der Waals surface area (Å²) in [5, 5.41) is 14.1. The first-order chi connectivity index (χ1) is 10.2. The van der Waals surface area contributed by atoms with Crippen molar-refractivity contribution < 1.29 is 5.11 Å². The Balaban J connectivity index is 1.82. The first kappa shape index (κ1) is 17.2. The Kier molecular flexibility index (Phi) is 7.48. The number of hydrogen-bond acceptors (Lipinski definition) is 3. The van der Waals surface area contributed by atoms with E-state index in [9.17, 15) is 5.11 Å². The molecule has 3 heteroatoms. The molecule has 0 bridgehead atoms. The third-order valence-corrected chi connectivity index (χ3v) is 5.52. The maximum atomic E-state index is 10.3. The van der Waals surface area contributed by atoms with Crippen LogP contribution in [0.1, 0.15) is 65.2 Å². The van der Waals surface area contributed by atoms with Crippen LogP contribution >= 0.6 is 0 Å². The van der Waals surface area contributed by atoms with E-state index in [1.807, 2.05) is 0 Å². The van der Waals surface area contributed by atoms with E-state index >= 15 is 0 Å². The van der Waals surface area contributed by atoms with Gasteiger partial charge in [0.1, 0.15) is 0 Å². The van der Waals surface area contributed by atoms with Crippen molar-refractivity contribution in [1.82, 2.24) is 10.2 Å². The predicted octanol–water partition coefficient (Wildman–Crippen LogP) is 3.03. The molecule has 2 rings (SSSR count). The monoisotopic (exact) mass is 296 g/mol. The normalized spacial score (nSPS) is 29.9. The largest absolute Gasteiger partial charge is 0.393 e. The first-order valence-electron chi connectivity index (χ1n) is 9.36. The number of piperidine rings is 1. The van der Waals surface area contributed by atoms with Crippen molar-refractivity contribution in [3.05, 3.63) is 0 Å². The molecule has 2 aliphatic rings. The second-order valence-electron chi connectivity index (χ2n) is 7.34. The maximum absolute atomic E-state index is 10.3. The van der Waals surface area contributed by atoms with Crippen molar-refractivity contribution in [2.75, 3.05) is 26.2 Å². The smallest absolute Gasteiger partial charge is 0.0578 e. The molecule has 3 atom stereocenters. The minimum atomic E-state index is -0.120. The van der Waals surface area contributed by atoms with Crippen LogP contribution in [-0.2, 0) is 0 Å². The zero-order valence-corrected chi connectivity index (χ0v) is 14.2.